The summed E-state index contributed by atoms with van der Waals surface area (Å²) in [6.45, 7) is 3.88. The number of anilines is 1. The van der Waals surface area contributed by atoms with Crippen molar-refractivity contribution in [3.63, 3.8) is 0 Å². The van der Waals surface area contributed by atoms with Gasteiger partial charge >= 0.3 is 5.97 Å². The van der Waals surface area contributed by atoms with Crippen molar-refractivity contribution < 1.29 is 18.3 Å². The molecule has 1 aromatic carbocycles. The largest absolute Gasteiger partial charge is 0.481 e. The number of hydrogen-bond acceptors (Lipinski definition) is 4. The highest BCUT2D eigenvalue weighted by Crippen LogP contribution is 2.45. The fourth-order valence-corrected chi connectivity index (χ4v) is 3.27. The lowest BCUT2D eigenvalue weighted by atomic mass is 10.1. The van der Waals surface area contributed by atoms with Gasteiger partial charge in [-0.05, 0) is 51.0 Å². The molecule has 116 valence electrons. The Bertz CT molecular complexity index is 619. The molecule has 1 aromatic rings. The summed E-state index contributed by atoms with van der Waals surface area (Å²) < 4.78 is 26.4. The van der Waals surface area contributed by atoms with E-state index in [1.165, 1.54) is 12.1 Å². The van der Waals surface area contributed by atoms with E-state index in [-0.39, 0.29) is 10.9 Å². The molecule has 0 atom stereocenters. The summed E-state index contributed by atoms with van der Waals surface area (Å²) in [5, 5.41) is 12.1. The van der Waals surface area contributed by atoms with Crippen LogP contribution in [-0.2, 0) is 14.8 Å². The highest BCUT2D eigenvalue weighted by atomic mass is 32.2. The average molecular weight is 312 g/mol. The summed E-state index contributed by atoms with van der Waals surface area (Å²) in [6.07, 6.45) is 1.36. The van der Waals surface area contributed by atoms with E-state index < -0.39 is 21.4 Å². The maximum absolute atomic E-state index is 12.0. The van der Waals surface area contributed by atoms with E-state index in [1.807, 2.05) is 0 Å². The second-order valence-electron chi connectivity index (χ2n) is 5.74. The maximum atomic E-state index is 12.0. The smallest absolute Gasteiger partial charge is 0.311 e. The lowest BCUT2D eigenvalue weighted by molar-refractivity contribution is -0.142. The molecule has 0 aliphatic heterocycles. The molecule has 0 spiro atoms. The van der Waals surface area contributed by atoms with Crippen LogP contribution in [0.4, 0.5) is 5.69 Å². The van der Waals surface area contributed by atoms with Gasteiger partial charge in [-0.2, -0.15) is 0 Å². The average Bonchev–Trinajstić information content (AvgIpc) is 3.16. The van der Waals surface area contributed by atoms with Crippen LogP contribution in [0.15, 0.2) is 29.2 Å². The van der Waals surface area contributed by atoms with Crippen LogP contribution in [-0.4, -0.2) is 32.1 Å². The molecule has 0 saturated heterocycles. The number of aliphatic carboxylic acids is 1. The molecule has 0 amide bonds. The molecular weight excluding hydrogens is 292 g/mol. The van der Waals surface area contributed by atoms with Crippen molar-refractivity contribution in [3.8, 4) is 0 Å². The summed E-state index contributed by atoms with van der Waals surface area (Å²) >= 11 is 0. The number of nitrogens with one attached hydrogen (secondary N) is 2. The summed E-state index contributed by atoms with van der Waals surface area (Å²) in [5.74, 6) is -0.782. The van der Waals surface area contributed by atoms with Crippen LogP contribution in [0.3, 0.4) is 0 Å². The normalized spacial score (nSPS) is 16.7. The van der Waals surface area contributed by atoms with Gasteiger partial charge in [0, 0.05) is 18.3 Å². The van der Waals surface area contributed by atoms with Gasteiger partial charge in [0.15, 0.2) is 0 Å². The van der Waals surface area contributed by atoms with Crippen LogP contribution < -0.4 is 10.0 Å². The zero-order valence-corrected chi connectivity index (χ0v) is 12.9. The van der Waals surface area contributed by atoms with Gasteiger partial charge in [0.1, 0.15) is 0 Å². The van der Waals surface area contributed by atoms with E-state index in [0.29, 0.717) is 25.1 Å². The van der Waals surface area contributed by atoms with Gasteiger partial charge in [0.2, 0.25) is 10.0 Å². The molecule has 1 fully saturated rings. The SMILES string of the molecule is CC(C)NS(=O)(=O)c1ccc(NCC2(C(=O)O)CC2)cc1. The Balaban J connectivity index is 2.01. The fourth-order valence-electron chi connectivity index (χ4n) is 2.02. The predicted octanol–water partition coefficient (Wildman–Crippen LogP) is 1.65. The molecule has 2 rings (SSSR count). The van der Waals surface area contributed by atoms with E-state index in [1.54, 1.807) is 26.0 Å². The van der Waals surface area contributed by atoms with Gasteiger partial charge in [0.05, 0.1) is 10.3 Å². The van der Waals surface area contributed by atoms with E-state index in [9.17, 15) is 13.2 Å². The summed E-state index contributed by atoms with van der Waals surface area (Å²) in [6, 6.07) is 6.14. The maximum Gasteiger partial charge on any atom is 0.311 e. The zero-order valence-electron chi connectivity index (χ0n) is 12.1. The molecule has 21 heavy (non-hydrogen) atoms. The molecule has 1 aliphatic carbocycles. The molecule has 3 N–H and O–H groups in total. The minimum absolute atomic E-state index is 0.168. The Kier molecular flexibility index (Phi) is 4.25. The summed E-state index contributed by atoms with van der Waals surface area (Å²) in [4.78, 5) is 11.3. The second-order valence-corrected chi connectivity index (χ2v) is 7.45. The summed E-state index contributed by atoms with van der Waals surface area (Å²) in [7, 11) is -3.49. The van der Waals surface area contributed by atoms with E-state index in [2.05, 4.69) is 10.0 Å². The van der Waals surface area contributed by atoms with Gasteiger partial charge in [-0.1, -0.05) is 0 Å². The Morgan fingerprint density at radius 3 is 2.29 bits per heavy atom. The van der Waals surface area contributed by atoms with Crippen LogP contribution in [0.5, 0.6) is 0 Å². The molecule has 0 bridgehead atoms. The van der Waals surface area contributed by atoms with Crippen molar-refractivity contribution in [2.45, 2.75) is 37.6 Å². The number of sulfonamides is 1. The van der Waals surface area contributed by atoms with E-state index in [0.717, 1.165) is 0 Å². The van der Waals surface area contributed by atoms with Crippen LogP contribution >= 0.6 is 0 Å². The van der Waals surface area contributed by atoms with Crippen molar-refractivity contribution in [1.29, 1.82) is 0 Å². The van der Waals surface area contributed by atoms with Crippen molar-refractivity contribution in [3.05, 3.63) is 24.3 Å². The van der Waals surface area contributed by atoms with Gasteiger partial charge in [-0.15, -0.1) is 0 Å². The first kappa shape index (κ1) is 15.8. The highest BCUT2D eigenvalue weighted by molar-refractivity contribution is 7.89. The molecule has 0 aromatic heterocycles. The molecule has 7 heteroatoms. The number of carboxylic acids is 1. The van der Waals surface area contributed by atoms with Gasteiger partial charge in [-0.25, -0.2) is 13.1 Å². The standard InChI is InChI=1S/C14H20N2O4S/c1-10(2)16-21(19,20)12-5-3-11(4-6-12)15-9-14(7-8-14)13(17)18/h3-6,10,15-16H,7-9H2,1-2H3,(H,17,18). The van der Waals surface area contributed by atoms with Crippen molar-refractivity contribution >= 4 is 21.7 Å². The van der Waals surface area contributed by atoms with Gasteiger partial charge in [-0.3, -0.25) is 4.79 Å². The third-order valence-electron chi connectivity index (χ3n) is 3.49. The lowest BCUT2D eigenvalue weighted by Crippen LogP contribution is -2.30. The Morgan fingerprint density at radius 1 is 1.29 bits per heavy atom. The van der Waals surface area contributed by atoms with Crippen molar-refractivity contribution in [1.82, 2.24) is 4.72 Å². The number of rotatable bonds is 7. The van der Waals surface area contributed by atoms with Crippen LogP contribution in [0, 0.1) is 5.41 Å². The molecule has 1 saturated carbocycles. The number of carboxylic acid groups (broad SMARTS) is 1. The quantitative estimate of drug-likeness (QED) is 0.711. The third-order valence-corrected chi connectivity index (χ3v) is 5.17. The van der Waals surface area contributed by atoms with Crippen molar-refractivity contribution in [2.24, 2.45) is 5.41 Å². The highest BCUT2D eigenvalue weighted by Gasteiger charge is 2.49. The van der Waals surface area contributed by atoms with Crippen LogP contribution in [0.1, 0.15) is 26.7 Å². The van der Waals surface area contributed by atoms with E-state index in [4.69, 9.17) is 5.11 Å². The minimum atomic E-state index is -3.49. The predicted molar refractivity (Wildman–Crippen MR) is 79.7 cm³/mol. The van der Waals surface area contributed by atoms with Gasteiger partial charge < -0.3 is 10.4 Å². The topological polar surface area (TPSA) is 95.5 Å². The number of carbonyl (C=O) groups is 1. The third kappa shape index (κ3) is 3.74. The molecule has 6 nitrogen and oxygen atoms in total. The minimum Gasteiger partial charge on any atom is -0.481 e. The number of benzene rings is 1. The summed E-state index contributed by atoms with van der Waals surface area (Å²) in [5.41, 5.74) is 0.0650. The van der Waals surface area contributed by atoms with Crippen LogP contribution in [0.2, 0.25) is 0 Å². The first-order valence-electron chi connectivity index (χ1n) is 6.85. The Hall–Kier alpha value is -1.60. The Morgan fingerprint density at radius 2 is 1.86 bits per heavy atom. The van der Waals surface area contributed by atoms with Crippen LogP contribution in [0.25, 0.3) is 0 Å². The first-order chi connectivity index (χ1) is 9.75. The second kappa shape index (κ2) is 5.65. The number of hydrogen-bond donors (Lipinski definition) is 3. The molecular formula is C14H20N2O4S. The first-order valence-corrected chi connectivity index (χ1v) is 8.33. The lowest BCUT2D eigenvalue weighted by Gasteiger charge is -2.13. The van der Waals surface area contributed by atoms with Crippen molar-refractivity contribution in [2.75, 3.05) is 11.9 Å². The molecule has 0 radical (unpaired) electrons. The van der Waals surface area contributed by atoms with Gasteiger partial charge in [0.25, 0.3) is 0 Å². The fraction of sp³-hybridized carbons (Fsp3) is 0.500. The molecule has 0 unspecified atom stereocenters. The zero-order chi connectivity index (χ0) is 15.7. The molecule has 0 heterocycles. The Labute approximate surface area is 124 Å². The van der Waals surface area contributed by atoms with E-state index >= 15 is 0 Å². The monoisotopic (exact) mass is 312 g/mol. The molecule has 1 aliphatic rings.